The number of amides is 1. The van der Waals surface area contributed by atoms with E-state index in [2.05, 4.69) is 10.3 Å². The van der Waals surface area contributed by atoms with E-state index in [0.717, 1.165) is 16.5 Å². The Bertz CT molecular complexity index is 1000. The third kappa shape index (κ3) is 3.90. The van der Waals surface area contributed by atoms with Crippen molar-refractivity contribution < 1.29 is 14.3 Å². The van der Waals surface area contributed by atoms with E-state index in [1.807, 2.05) is 30.3 Å². The first-order valence-corrected chi connectivity index (χ1v) is 8.12. The summed E-state index contributed by atoms with van der Waals surface area (Å²) in [4.78, 5) is 27.4. The zero-order chi connectivity index (χ0) is 18.5. The number of ether oxygens (including phenoxy) is 1. The maximum absolute atomic E-state index is 12.2. The number of hydrogen-bond acceptors (Lipinski definition) is 4. The Balaban J connectivity index is 1.60. The van der Waals surface area contributed by atoms with Crippen LogP contribution >= 0.6 is 0 Å². The molecule has 3 aromatic rings. The fourth-order valence-corrected chi connectivity index (χ4v) is 2.64. The van der Waals surface area contributed by atoms with Gasteiger partial charge in [0.1, 0.15) is 0 Å². The van der Waals surface area contributed by atoms with Crippen LogP contribution in [0.4, 0.5) is 5.69 Å². The molecule has 1 aromatic heterocycles. The van der Waals surface area contributed by atoms with Crippen LogP contribution < -0.4 is 5.32 Å². The van der Waals surface area contributed by atoms with Gasteiger partial charge in [-0.25, -0.2) is 0 Å². The molecule has 3 rings (SSSR count). The van der Waals surface area contributed by atoms with Crippen molar-refractivity contribution in [3.05, 3.63) is 65.9 Å². The summed E-state index contributed by atoms with van der Waals surface area (Å²) in [7, 11) is 0. The number of nitrogens with zero attached hydrogens (tertiary/aromatic N) is 1. The summed E-state index contributed by atoms with van der Waals surface area (Å²) in [5, 5.41) is 12.5. The fourth-order valence-electron chi connectivity index (χ4n) is 2.64. The number of nitrogens with one attached hydrogen (secondary N) is 2. The second-order valence-corrected chi connectivity index (χ2v) is 5.85. The molecule has 6 heteroatoms. The van der Waals surface area contributed by atoms with Gasteiger partial charge in [0.05, 0.1) is 18.1 Å². The van der Waals surface area contributed by atoms with E-state index in [9.17, 15) is 9.59 Å². The standard InChI is InChI=1S/C20H17N3O3/c1-13(20(25)23-16-6-4-5-14(9-16)11-21)26-19(24)10-15-12-22-18-8-3-2-7-17(15)18/h2-9,12-13,22H,10H2,1H3,(H,23,25)/t13-/m0/s1. The monoisotopic (exact) mass is 347 g/mol. The van der Waals surface area contributed by atoms with Crippen LogP contribution in [0.2, 0.25) is 0 Å². The van der Waals surface area contributed by atoms with Crippen molar-refractivity contribution >= 4 is 28.5 Å². The molecule has 0 saturated carbocycles. The number of nitriles is 1. The maximum atomic E-state index is 12.2. The Morgan fingerprint density at radius 1 is 1.23 bits per heavy atom. The van der Waals surface area contributed by atoms with Gasteiger partial charge in [-0.15, -0.1) is 0 Å². The fraction of sp³-hybridized carbons (Fsp3) is 0.150. The van der Waals surface area contributed by atoms with Crippen LogP contribution in [0.5, 0.6) is 0 Å². The average molecular weight is 347 g/mol. The lowest BCUT2D eigenvalue weighted by Gasteiger charge is -2.13. The highest BCUT2D eigenvalue weighted by Gasteiger charge is 2.19. The highest BCUT2D eigenvalue weighted by atomic mass is 16.5. The molecule has 0 aliphatic carbocycles. The van der Waals surface area contributed by atoms with Crippen LogP contribution in [0.15, 0.2) is 54.7 Å². The van der Waals surface area contributed by atoms with E-state index < -0.39 is 18.0 Å². The smallest absolute Gasteiger partial charge is 0.311 e. The van der Waals surface area contributed by atoms with Crippen molar-refractivity contribution in [1.29, 1.82) is 5.26 Å². The number of esters is 1. The molecule has 1 heterocycles. The Hall–Kier alpha value is -3.59. The van der Waals surface area contributed by atoms with Gasteiger partial charge in [0.2, 0.25) is 0 Å². The van der Waals surface area contributed by atoms with Gasteiger partial charge in [0.15, 0.2) is 6.10 Å². The summed E-state index contributed by atoms with van der Waals surface area (Å²) in [6.07, 6.45) is 0.897. The predicted octanol–water partition coefficient (Wildman–Crippen LogP) is 3.15. The average Bonchev–Trinajstić information content (AvgIpc) is 3.04. The van der Waals surface area contributed by atoms with Gasteiger partial charge in [0.25, 0.3) is 5.91 Å². The molecule has 1 atom stereocenters. The van der Waals surface area contributed by atoms with Crippen LogP contribution in [0, 0.1) is 11.3 Å². The van der Waals surface area contributed by atoms with Gasteiger partial charge in [-0.2, -0.15) is 5.26 Å². The van der Waals surface area contributed by atoms with Crippen molar-refractivity contribution in [2.75, 3.05) is 5.32 Å². The molecule has 6 nitrogen and oxygen atoms in total. The molecule has 1 amide bonds. The van der Waals surface area contributed by atoms with E-state index in [1.54, 1.807) is 30.5 Å². The number of anilines is 1. The topological polar surface area (TPSA) is 95.0 Å². The minimum absolute atomic E-state index is 0.0750. The van der Waals surface area contributed by atoms with Gasteiger partial charge in [-0.1, -0.05) is 24.3 Å². The van der Waals surface area contributed by atoms with Gasteiger partial charge < -0.3 is 15.0 Å². The third-order valence-corrected chi connectivity index (χ3v) is 3.95. The molecular weight excluding hydrogens is 330 g/mol. The van der Waals surface area contributed by atoms with E-state index in [4.69, 9.17) is 10.00 Å². The van der Waals surface area contributed by atoms with E-state index in [-0.39, 0.29) is 6.42 Å². The van der Waals surface area contributed by atoms with Crippen molar-refractivity contribution in [2.24, 2.45) is 0 Å². The van der Waals surface area contributed by atoms with E-state index >= 15 is 0 Å². The zero-order valence-electron chi connectivity index (χ0n) is 14.2. The predicted molar refractivity (Wildman–Crippen MR) is 97.3 cm³/mol. The number of hydrogen-bond donors (Lipinski definition) is 2. The molecular formula is C20H17N3O3. The lowest BCUT2D eigenvalue weighted by molar-refractivity contribution is -0.152. The van der Waals surface area contributed by atoms with E-state index in [0.29, 0.717) is 11.3 Å². The lowest BCUT2D eigenvalue weighted by atomic mass is 10.1. The molecule has 130 valence electrons. The first-order valence-electron chi connectivity index (χ1n) is 8.12. The molecule has 0 bridgehead atoms. The number of fused-ring (bicyclic) bond motifs is 1. The van der Waals surface area contributed by atoms with Crippen LogP contribution in [-0.2, 0) is 20.7 Å². The number of aromatic amines is 1. The van der Waals surface area contributed by atoms with Crippen LogP contribution in [-0.4, -0.2) is 23.0 Å². The molecule has 0 aliphatic rings. The molecule has 0 aliphatic heterocycles. The molecule has 2 N–H and O–H groups in total. The van der Waals surface area contributed by atoms with Gasteiger partial charge in [-0.3, -0.25) is 9.59 Å². The third-order valence-electron chi connectivity index (χ3n) is 3.95. The second-order valence-electron chi connectivity index (χ2n) is 5.85. The number of carbonyl (C=O) groups is 2. The number of H-pyrrole nitrogens is 1. The van der Waals surface area contributed by atoms with Crippen molar-refractivity contribution in [1.82, 2.24) is 4.98 Å². The zero-order valence-corrected chi connectivity index (χ0v) is 14.2. The van der Waals surface area contributed by atoms with Crippen molar-refractivity contribution in [3.8, 4) is 6.07 Å². The van der Waals surface area contributed by atoms with Crippen LogP contribution in [0.25, 0.3) is 10.9 Å². The molecule has 2 aromatic carbocycles. The summed E-state index contributed by atoms with van der Waals surface area (Å²) in [6.45, 7) is 1.51. The number of rotatable bonds is 5. The highest BCUT2D eigenvalue weighted by molar-refractivity contribution is 5.95. The van der Waals surface area contributed by atoms with E-state index in [1.165, 1.54) is 6.92 Å². The summed E-state index contributed by atoms with van der Waals surface area (Å²) in [5.41, 5.74) is 2.68. The molecule has 0 radical (unpaired) electrons. The van der Waals surface area contributed by atoms with Gasteiger partial charge in [-0.05, 0) is 36.8 Å². The first kappa shape index (κ1) is 17.2. The summed E-state index contributed by atoms with van der Waals surface area (Å²) < 4.78 is 5.23. The molecule has 0 fully saturated rings. The Labute approximate surface area is 150 Å². The second kappa shape index (κ2) is 7.53. The number of aromatic nitrogens is 1. The quantitative estimate of drug-likeness (QED) is 0.693. The SMILES string of the molecule is C[C@H](OC(=O)Cc1c[nH]c2ccccc12)C(=O)Nc1cccc(C#N)c1. The number of para-hydroxylation sites is 1. The Kier molecular flexibility index (Phi) is 4.99. The summed E-state index contributed by atoms with van der Waals surface area (Å²) >= 11 is 0. The number of benzene rings is 2. The van der Waals surface area contributed by atoms with Gasteiger partial charge >= 0.3 is 5.97 Å². The van der Waals surface area contributed by atoms with Gasteiger partial charge in [0, 0.05) is 22.8 Å². The normalized spacial score (nSPS) is 11.5. The molecule has 0 saturated heterocycles. The summed E-state index contributed by atoms with van der Waals surface area (Å²) in [5.74, 6) is -0.935. The number of carbonyl (C=O) groups excluding carboxylic acids is 2. The molecule has 0 spiro atoms. The minimum Gasteiger partial charge on any atom is -0.452 e. The van der Waals surface area contributed by atoms with Crippen molar-refractivity contribution in [2.45, 2.75) is 19.4 Å². The lowest BCUT2D eigenvalue weighted by Crippen LogP contribution is -2.30. The maximum Gasteiger partial charge on any atom is 0.311 e. The van der Waals surface area contributed by atoms with Crippen LogP contribution in [0.3, 0.4) is 0 Å². The minimum atomic E-state index is -0.946. The molecule has 0 unspecified atom stereocenters. The first-order chi connectivity index (χ1) is 12.6. The summed E-state index contributed by atoms with van der Waals surface area (Å²) in [6, 6.07) is 16.2. The highest BCUT2D eigenvalue weighted by Crippen LogP contribution is 2.18. The Morgan fingerprint density at radius 3 is 2.85 bits per heavy atom. The van der Waals surface area contributed by atoms with Crippen LogP contribution in [0.1, 0.15) is 18.1 Å². The van der Waals surface area contributed by atoms with Crippen molar-refractivity contribution in [3.63, 3.8) is 0 Å². The largest absolute Gasteiger partial charge is 0.452 e. The molecule has 26 heavy (non-hydrogen) atoms. The Morgan fingerprint density at radius 2 is 2.04 bits per heavy atom.